The van der Waals surface area contributed by atoms with Gasteiger partial charge in [0.25, 0.3) is 0 Å². The highest BCUT2D eigenvalue weighted by Gasteiger charge is 2.38. The van der Waals surface area contributed by atoms with E-state index in [1.54, 1.807) is 6.92 Å². The Morgan fingerprint density at radius 3 is 2.32 bits per heavy atom. The molecule has 0 spiro atoms. The smallest absolute Gasteiger partial charge is 0.325 e. The third-order valence-electron chi connectivity index (χ3n) is 7.50. The maximum Gasteiger partial charge on any atom is 0.325 e. The van der Waals surface area contributed by atoms with Gasteiger partial charge < -0.3 is 34.7 Å². The number of hydrogen-bond acceptors (Lipinski definition) is 9. The molecule has 11 heteroatoms. The number of esters is 2. The fraction of sp³-hybridized carbons (Fsp3) is 0.545. The zero-order valence-electron chi connectivity index (χ0n) is 26.0. The molecule has 2 aliphatic rings. The molecule has 2 heterocycles. The van der Waals surface area contributed by atoms with Crippen LogP contribution >= 0.6 is 0 Å². The first-order valence-electron chi connectivity index (χ1n) is 15.3. The summed E-state index contributed by atoms with van der Waals surface area (Å²) in [6.45, 7) is 9.00. The van der Waals surface area contributed by atoms with Gasteiger partial charge >= 0.3 is 18.0 Å². The second-order valence-electron chi connectivity index (χ2n) is 12.1. The van der Waals surface area contributed by atoms with E-state index in [4.69, 9.17) is 18.9 Å². The van der Waals surface area contributed by atoms with E-state index in [1.165, 1.54) is 0 Å². The molecule has 0 bridgehead atoms. The SMILES string of the molecule is CCOC(=O)CNC(=O)NCc1ccc([C@@H]2O[C@H](CN3CCC[C@H]3C(=O)OC(C)(C)C)C[C@H](c3ccc(CO)cc3)O2)cc1. The first kappa shape index (κ1) is 33.4. The topological polar surface area (TPSA) is 136 Å². The highest BCUT2D eigenvalue weighted by molar-refractivity contribution is 5.80. The molecule has 0 aromatic heterocycles. The number of ether oxygens (including phenoxy) is 4. The Balaban J connectivity index is 1.43. The maximum absolute atomic E-state index is 13.0. The van der Waals surface area contributed by atoms with Crippen LogP contribution in [0.5, 0.6) is 0 Å². The molecule has 2 fully saturated rings. The molecule has 2 saturated heterocycles. The molecule has 0 radical (unpaired) electrons. The predicted molar refractivity (Wildman–Crippen MR) is 162 cm³/mol. The molecule has 4 atom stereocenters. The van der Waals surface area contributed by atoms with Crippen molar-refractivity contribution in [1.29, 1.82) is 0 Å². The summed E-state index contributed by atoms with van der Waals surface area (Å²) >= 11 is 0. The van der Waals surface area contributed by atoms with Crippen LogP contribution in [0.3, 0.4) is 0 Å². The van der Waals surface area contributed by atoms with Crippen molar-refractivity contribution in [1.82, 2.24) is 15.5 Å². The maximum atomic E-state index is 13.0. The van der Waals surface area contributed by atoms with Gasteiger partial charge in [-0.2, -0.15) is 0 Å². The first-order valence-corrected chi connectivity index (χ1v) is 15.3. The number of likely N-dealkylation sites (tertiary alicyclic amines) is 1. The average molecular weight is 612 g/mol. The average Bonchev–Trinajstić information content (AvgIpc) is 3.47. The summed E-state index contributed by atoms with van der Waals surface area (Å²) in [6.07, 6.45) is 1.18. The molecule has 4 rings (SSSR count). The molecular weight excluding hydrogens is 566 g/mol. The van der Waals surface area contributed by atoms with E-state index in [1.807, 2.05) is 69.3 Å². The minimum atomic E-state index is -0.645. The van der Waals surface area contributed by atoms with Gasteiger partial charge in [-0.15, -0.1) is 0 Å². The van der Waals surface area contributed by atoms with E-state index in [9.17, 15) is 19.5 Å². The van der Waals surface area contributed by atoms with Crippen molar-refractivity contribution in [2.45, 2.75) is 90.2 Å². The fourth-order valence-corrected chi connectivity index (χ4v) is 5.38. The van der Waals surface area contributed by atoms with Crippen molar-refractivity contribution in [3.63, 3.8) is 0 Å². The van der Waals surface area contributed by atoms with Gasteiger partial charge in [0.15, 0.2) is 6.29 Å². The normalized spacial score (nSPS) is 22.3. The summed E-state index contributed by atoms with van der Waals surface area (Å²) in [4.78, 5) is 38.6. The molecule has 2 aromatic rings. The summed E-state index contributed by atoms with van der Waals surface area (Å²) < 4.78 is 23.5. The van der Waals surface area contributed by atoms with Crippen LogP contribution in [-0.4, -0.2) is 72.0 Å². The molecule has 2 aromatic carbocycles. The number of nitrogens with one attached hydrogen (secondary N) is 2. The van der Waals surface area contributed by atoms with Gasteiger partial charge in [-0.05, 0) is 63.8 Å². The molecule has 0 aliphatic carbocycles. The lowest BCUT2D eigenvalue weighted by molar-refractivity contribution is -0.253. The van der Waals surface area contributed by atoms with Crippen molar-refractivity contribution >= 4 is 18.0 Å². The monoisotopic (exact) mass is 611 g/mol. The predicted octanol–water partition coefficient (Wildman–Crippen LogP) is 3.89. The Morgan fingerprint density at radius 2 is 1.66 bits per heavy atom. The van der Waals surface area contributed by atoms with E-state index in [-0.39, 0.29) is 50.5 Å². The van der Waals surface area contributed by atoms with Gasteiger partial charge in [0.05, 0.1) is 25.4 Å². The minimum Gasteiger partial charge on any atom is -0.465 e. The summed E-state index contributed by atoms with van der Waals surface area (Å²) in [5.74, 6) is -0.695. The molecule has 0 unspecified atom stereocenters. The number of aliphatic hydroxyl groups excluding tert-OH is 1. The van der Waals surface area contributed by atoms with Crippen molar-refractivity contribution in [3.05, 3.63) is 70.8 Å². The van der Waals surface area contributed by atoms with Crippen LogP contribution in [0.25, 0.3) is 0 Å². The second-order valence-corrected chi connectivity index (χ2v) is 12.1. The molecule has 2 aliphatic heterocycles. The third kappa shape index (κ3) is 9.75. The Labute approximate surface area is 259 Å². The molecule has 11 nitrogen and oxygen atoms in total. The van der Waals surface area contributed by atoms with Gasteiger partial charge in [-0.25, -0.2) is 4.79 Å². The van der Waals surface area contributed by atoms with Gasteiger partial charge in [-0.1, -0.05) is 48.5 Å². The zero-order valence-corrected chi connectivity index (χ0v) is 26.0. The fourth-order valence-electron chi connectivity index (χ4n) is 5.38. The number of aliphatic hydroxyl groups is 1. The van der Waals surface area contributed by atoms with E-state index in [2.05, 4.69) is 15.5 Å². The number of hydrogen-bond donors (Lipinski definition) is 3. The van der Waals surface area contributed by atoms with E-state index < -0.39 is 23.9 Å². The lowest BCUT2D eigenvalue weighted by atomic mass is 9.99. The zero-order chi connectivity index (χ0) is 31.7. The summed E-state index contributed by atoms with van der Waals surface area (Å²) in [7, 11) is 0. The van der Waals surface area contributed by atoms with Crippen LogP contribution in [-0.2, 0) is 41.7 Å². The van der Waals surface area contributed by atoms with Crippen LogP contribution in [0.1, 0.15) is 81.6 Å². The summed E-state index contributed by atoms with van der Waals surface area (Å²) in [6, 6.07) is 14.5. The largest absolute Gasteiger partial charge is 0.465 e. The molecule has 44 heavy (non-hydrogen) atoms. The number of nitrogens with zero attached hydrogens (tertiary/aromatic N) is 1. The molecule has 240 valence electrons. The van der Waals surface area contributed by atoms with Crippen LogP contribution in [0.2, 0.25) is 0 Å². The highest BCUT2D eigenvalue weighted by Crippen LogP contribution is 2.39. The number of urea groups is 1. The highest BCUT2D eigenvalue weighted by atomic mass is 16.7. The number of amides is 2. The second kappa shape index (κ2) is 15.5. The van der Waals surface area contributed by atoms with Crippen LogP contribution < -0.4 is 10.6 Å². The summed E-state index contributed by atoms with van der Waals surface area (Å²) in [5, 5.41) is 14.7. The summed E-state index contributed by atoms with van der Waals surface area (Å²) in [5.41, 5.74) is 2.95. The van der Waals surface area contributed by atoms with Gasteiger partial charge in [0.2, 0.25) is 0 Å². The van der Waals surface area contributed by atoms with Gasteiger partial charge in [0.1, 0.15) is 18.2 Å². The van der Waals surface area contributed by atoms with Crippen LogP contribution in [0.4, 0.5) is 4.79 Å². The Hall–Kier alpha value is -3.51. The van der Waals surface area contributed by atoms with E-state index >= 15 is 0 Å². The molecule has 0 saturated carbocycles. The van der Waals surface area contributed by atoms with Crippen molar-refractivity contribution < 1.29 is 38.4 Å². The van der Waals surface area contributed by atoms with E-state index in [0.29, 0.717) is 13.0 Å². The standard InChI is InChI=1S/C33H45N3O8/c1-5-41-29(38)19-35-32(40)34-18-22-8-14-25(15-9-22)31-42-26(17-28(43-31)24-12-10-23(21-37)11-13-24)20-36-16-6-7-27(36)30(39)44-33(2,3)4/h8-15,26-28,31,37H,5-7,16-21H2,1-4H3,(H2,34,35,40)/t26-,27-,28+,31+/m0/s1. The Morgan fingerprint density at radius 1 is 0.977 bits per heavy atom. The van der Waals surface area contributed by atoms with Crippen molar-refractivity contribution in [2.24, 2.45) is 0 Å². The molecule has 3 N–H and O–H groups in total. The van der Waals surface area contributed by atoms with Gasteiger partial charge in [-0.3, -0.25) is 14.5 Å². The number of benzene rings is 2. The number of carbonyl (C=O) groups is 3. The van der Waals surface area contributed by atoms with Crippen LogP contribution in [0.15, 0.2) is 48.5 Å². The minimum absolute atomic E-state index is 0.0323. The quantitative estimate of drug-likeness (QED) is 0.324. The molecular formula is C33H45N3O8. The van der Waals surface area contributed by atoms with Crippen molar-refractivity contribution in [2.75, 3.05) is 26.2 Å². The lowest BCUT2D eigenvalue weighted by Crippen LogP contribution is -2.45. The van der Waals surface area contributed by atoms with Crippen molar-refractivity contribution in [3.8, 4) is 0 Å². The van der Waals surface area contributed by atoms with Crippen LogP contribution in [0, 0.1) is 0 Å². The van der Waals surface area contributed by atoms with Gasteiger partial charge in [0, 0.05) is 25.1 Å². The molecule has 2 amide bonds. The number of carbonyl (C=O) groups excluding carboxylic acids is 3. The first-order chi connectivity index (χ1) is 21.0. The Bertz CT molecular complexity index is 1250. The van der Waals surface area contributed by atoms with E-state index in [0.717, 1.165) is 41.6 Å². The number of rotatable bonds is 11. The third-order valence-corrected chi connectivity index (χ3v) is 7.50. The Kier molecular flexibility index (Phi) is 11.7. The lowest BCUT2D eigenvalue weighted by Gasteiger charge is -2.38.